The van der Waals surface area contributed by atoms with Crippen LogP contribution in [0.5, 0.6) is 0 Å². The molecule has 0 aliphatic carbocycles. The Labute approximate surface area is 98.9 Å². The summed E-state index contributed by atoms with van der Waals surface area (Å²) in [6.07, 6.45) is -0.699. The molecule has 0 heterocycles. The number of hydrogen-bond acceptors (Lipinski definition) is 5. The van der Waals surface area contributed by atoms with E-state index >= 15 is 0 Å². The van der Waals surface area contributed by atoms with Crippen LogP contribution in [0.4, 0.5) is 0 Å². The lowest BCUT2D eigenvalue weighted by atomic mass is 10.0. The van der Waals surface area contributed by atoms with E-state index in [0.29, 0.717) is 0 Å². The van der Waals surface area contributed by atoms with Gasteiger partial charge in [0.1, 0.15) is 0 Å². The third-order valence-electron chi connectivity index (χ3n) is 1.93. The lowest BCUT2D eigenvalue weighted by Gasteiger charge is -2.04. The summed E-state index contributed by atoms with van der Waals surface area (Å²) < 4.78 is 4.62. The SMILES string of the molecule is CC(C)C(=O)C(=O)CCOC(=O)CCC(=O)O. The first kappa shape index (κ1) is 15.3. The van der Waals surface area contributed by atoms with Gasteiger partial charge in [0.15, 0.2) is 0 Å². The molecule has 96 valence electrons. The first-order valence-corrected chi connectivity index (χ1v) is 5.29. The number of hydrogen-bond donors (Lipinski definition) is 1. The lowest BCUT2D eigenvalue weighted by Crippen LogP contribution is -2.21. The van der Waals surface area contributed by atoms with Crippen LogP contribution in [0.3, 0.4) is 0 Å². The van der Waals surface area contributed by atoms with Gasteiger partial charge in [-0.05, 0) is 0 Å². The fraction of sp³-hybridized carbons (Fsp3) is 0.636. The number of carbonyl (C=O) groups excluding carboxylic acids is 3. The number of Topliss-reactive ketones (excluding diaryl/α,β-unsaturated/α-hetero) is 2. The van der Waals surface area contributed by atoms with E-state index in [1.807, 2.05) is 0 Å². The summed E-state index contributed by atoms with van der Waals surface area (Å²) in [6, 6.07) is 0. The molecule has 0 fully saturated rings. The molecule has 0 rings (SSSR count). The average molecular weight is 244 g/mol. The van der Waals surface area contributed by atoms with Crippen molar-refractivity contribution in [1.29, 1.82) is 0 Å². The Bertz CT molecular complexity index is 318. The second kappa shape index (κ2) is 7.54. The van der Waals surface area contributed by atoms with E-state index in [-0.39, 0.29) is 31.8 Å². The molecule has 0 aromatic rings. The van der Waals surface area contributed by atoms with Crippen LogP contribution in [0, 0.1) is 5.92 Å². The molecular weight excluding hydrogens is 228 g/mol. The summed E-state index contributed by atoms with van der Waals surface area (Å²) in [5.41, 5.74) is 0. The van der Waals surface area contributed by atoms with Crippen LogP contribution in [0.2, 0.25) is 0 Å². The molecule has 0 unspecified atom stereocenters. The van der Waals surface area contributed by atoms with Crippen LogP contribution in [-0.4, -0.2) is 35.2 Å². The molecule has 0 radical (unpaired) electrons. The summed E-state index contributed by atoms with van der Waals surface area (Å²) in [6.45, 7) is 3.04. The number of aliphatic carboxylic acids is 1. The molecule has 0 amide bonds. The smallest absolute Gasteiger partial charge is 0.306 e. The standard InChI is InChI=1S/C11H16O6/c1-7(2)11(16)8(12)5-6-17-10(15)4-3-9(13)14/h7H,3-6H2,1-2H3,(H,13,14). The number of ketones is 2. The van der Waals surface area contributed by atoms with Gasteiger partial charge in [-0.15, -0.1) is 0 Å². The van der Waals surface area contributed by atoms with Crippen molar-refractivity contribution >= 4 is 23.5 Å². The van der Waals surface area contributed by atoms with E-state index in [2.05, 4.69) is 4.74 Å². The fourth-order valence-corrected chi connectivity index (χ4v) is 0.984. The molecule has 0 aliphatic rings. The van der Waals surface area contributed by atoms with Crippen LogP contribution in [-0.2, 0) is 23.9 Å². The normalized spacial score (nSPS) is 10.1. The van der Waals surface area contributed by atoms with Crippen LogP contribution in [0.25, 0.3) is 0 Å². The van der Waals surface area contributed by atoms with Crippen LogP contribution < -0.4 is 0 Å². The molecule has 0 bridgehead atoms. The Kier molecular flexibility index (Phi) is 6.77. The minimum absolute atomic E-state index is 0.157. The zero-order valence-corrected chi connectivity index (χ0v) is 9.89. The summed E-state index contributed by atoms with van der Waals surface area (Å²) in [7, 11) is 0. The van der Waals surface area contributed by atoms with Crippen molar-refractivity contribution in [3.05, 3.63) is 0 Å². The highest BCUT2D eigenvalue weighted by Gasteiger charge is 2.17. The van der Waals surface area contributed by atoms with Gasteiger partial charge in [-0.2, -0.15) is 0 Å². The molecular formula is C11H16O6. The van der Waals surface area contributed by atoms with E-state index in [9.17, 15) is 19.2 Å². The highest BCUT2D eigenvalue weighted by atomic mass is 16.5. The molecule has 0 saturated heterocycles. The fourth-order valence-electron chi connectivity index (χ4n) is 0.984. The van der Waals surface area contributed by atoms with Gasteiger partial charge in [0.05, 0.1) is 19.4 Å². The Morgan fingerprint density at radius 3 is 2.12 bits per heavy atom. The molecule has 0 aromatic heterocycles. The summed E-state index contributed by atoms with van der Waals surface area (Å²) >= 11 is 0. The zero-order chi connectivity index (χ0) is 13.4. The second-order valence-electron chi connectivity index (χ2n) is 3.81. The number of carboxylic acid groups (broad SMARTS) is 1. The molecule has 1 N–H and O–H groups in total. The number of rotatable bonds is 8. The van der Waals surface area contributed by atoms with Crippen molar-refractivity contribution in [2.45, 2.75) is 33.1 Å². The van der Waals surface area contributed by atoms with Crippen LogP contribution in [0.1, 0.15) is 33.1 Å². The maximum absolute atomic E-state index is 11.2. The average Bonchev–Trinajstić information content (AvgIpc) is 2.24. The molecule has 6 nitrogen and oxygen atoms in total. The van der Waals surface area contributed by atoms with Gasteiger partial charge < -0.3 is 9.84 Å². The second-order valence-corrected chi connectivity index (χ2v) is 3.81. The summed E-state index contributed by atoms with van der Waals surface area (Å²) in [4.78, 5) is 43.5. The molecule has 0 atom stereocenters. The predicted octanol–water partition coefficient (Wildman–Crippen LogP) is 0.579. The van der Waals surface area contributed by atoms with Gasteiger partial charge in [-0.1, -0.05) is 13.8 Å². The van der Waals surface area contributed by atoms with Crippen molar-refractivity contribution in [3.8, 4) is 0 Å². The number of ether oxygens (including phenoxy) is 1. The van der Waals surface area contributed by atoms with Gasteiger partial charge in [0.2, 0.25) is 11.6 Å². The predicted molar refractivity (Wildman–Crippen MR) is 57.3 cm³/mol. The maximum Gasteiger partial charge on any atom is 0.306 e. The van der Waals surface area contributed by atoms with Gasteiger partial charge in [0, 0.05) is 12.3 Å². The molecule has 6 heteroatoms. The maximum atomic E-state index is 11.2. The van der Waals surface area contributed by atoms with Crippen LogP contribution >= 0.6 is 0 Å². The molecule has 0 aromatic carbocycles. The minimum atomic E-state index is -1.09. The van der Waals surface area contributed by atoms with E-state index < -0.39 is 23.5 Å². The lowest BCUT2D eigenvalue weighted by molar-refractivity contribution is -0.149. The first-order chi connectivity index (χ1) is 7.84. The zero-order valence-electron chi connectivity index (χ0n) is 9.89. The monoisotopic (exact) mass is 244 g/mol. The third-order valence-corrected chi connectivity index (χ3v) is 1.93. The summed E-state index contributed by atoms with van der Waals surface area (Å²) in [5, 5.41) is 8.30. The minimum Gasteiger partial charge on any atom is -0.481 e. The van der Waals surface area contributed by atoms with E-state index in [0.717, 1.165) is 0 Å². The topological polar surface area (TPSA) is 97.7 Å². The van der Waals surface area contributed by atoms with E-state index in [4.69, 9.17) is 5.11 Å². The highest BCUT2D eigenvalue weighted by Crippen LogP contribution is 2.00. The molecule has 0 spiro atoms. The van der Waals surface area contributed by atoms with E-state index in [1.165, 1.54) is 0 Å². The Balaban J connectivity index is 3.77. The molecule has 17 heavy (non-hydrogen) atoms. The highest BCUT2D eigenvalue weighted by molar-refractivity contribution is 6.37. The molecule has 0 saturated carbocycles. The van der Waals surface area contributed by atoms with Crippen LogP contribution in [0.15, 0.2) is 0 Å². The number of esters is 1. The first-order valence-electron chi connectivity index (χ1n) is 5.29. The van der Waals surface area contributed by atoms with Crippen molar-refractivity contribution in [2.75, 3.05) is 6.61 Å². The van der Waals surface area contributed by atoms with Crippen molar-refractivity contribution in [1.82, 2.24) is 0 Å². The quantitative estimate of drug-likeness (QED) is 0.495. The number of carbonyl (C=O) groups is 4. The van der Waals surface area contributed by atoms with Crippen molar-refractivity contribution in [3.63, 3.8) is 0 Å². The van der Waals surface area contributed by atoms with Crippen molar-refractivity contribution in [2.24, 2.45) is 5.92 Å². The largest absolute Gasteiger partial charge is 0.481 e. The van der Waals surface area contributed by atoms with Crippen molar-refractivity contribution < 1.29 is 29.0 Å². The van der Waals surface area contributed by atoms with Gasteiger partial charge in [-0.25, -0.2) is 0 Å². The Morgan fingerprint density at radius 2 is 1.65 bits per heavy atom. The van der Waals surface area contributed by atoms with Gasteiger partial charge in [0.25, 0.3) is 0 Å². The third kappa shape index (κ3) is 7.21. The van der Waals surface area contributed by atoms with E-state index in [1.54, 1.807) is 13.8 Å². The molecule has 0 aliphatic heterocycles. The number of carboxylic acids is 1. The summed E-state index contributed by atoms with van der Waals surface area (Å²) in [5.74, 6) is -3.21. The van der Waals surface area contributed by atoms with Gasteiger partial charge in [-0.3, -0.25) is 19.2 Å². The Hall–Kier alpha value is -1.72. The van der Waals surface area contributed by atoms with Gasteiger partial charge >= 0.3 is 11.9 Å². The Morgan fingerprint density at radius 1 is 1.06 bits per heavy atom.